The molecule has 0 radical (unpaired) electrons. The second-order valence-corrected chi connectivity index (χ2v) is 2.76. The van der Waals surface area contributed by atoms with Gasteiger partial charge in [0.05, 0.1) is 10.6 Å². The summed E-state index contributed by atoms with van der Waals surface area (Å²) >= 11 is 5.58. The summed E-state index contributed by atoms with van der Waals surface area (Å²) in [5.41, 5.74) is 4.70. The van der Waals surface area contributed by atoms with Crippen LogP contribution in [0.3, 0.4) is 0 Å². The van der Waals surface area contributed by atoms with Gasteiger partial charge in [-0.25, -0.2) is 0 Å². The van der Waals surface area contributed by atoms with E-state index in [9.17, 15) is 13.6 Å². The quantitative estimate of drug-likeness (QED) is 0.849. The first-order valence-electron chi connectivity index (χ1n) is 3.55. The molecule has 0 aliphatic rings. The van der Waals surface area contributed by atoms with Crippen LogP contribution in [0, 0.1) is 0 Å². The maximum Gasteiger partial charge on any atom is 0.387 e. The van der Waals surface area contributed by atoms with Gasteiger partial charge in [-0.05, 0) is 12.1 Å². The van der Waals surface area contributed by atoms with Gasteiger partial charge >= 0.3 is 6.61 Å². The van der Waals surface area contributed by atoms with E-state index in [-0.39, 0.29) is 16.3 Å². The fourth-order valence-corrected chi connectivity index (χ4v) is 1.20. The lowest BCUT2D eigenvalue weighted by Gasteiger charge is -2.08. The van der Waals surface area contributed by atoms with Gasteiger partial charge in [0.15, 0.2) is 0 Å². The maximum absolute atomic E-state index is 11.9. The Morgan fingerprint density at radius 3 is 2.64 bits per heavy atom. The number of nitrogens with two attached hydrogens (primary N) is 1. The van der Waals surface area contributed by atoms with Gasteiger partial charge in [-0.15, -0.1) is 0 Å². The molecule has 76 valence electrons. The maximum atomic E-state index is 11.9. The number of ether oxygens (including phenoxy) is 1. The smallest absolute Gasteiger partial charge is 0.387 e. The van der Waals surface area contributed by atoms with E-state index >= 15 is 0 Å². The molecule has 3 nitrogen and oxygen atoms in total. The zero-order valence-corrected chi connectivity index (χ0v) is 7.59. The molecule has 0 fully saturated rings. The zero-order valence-electron chi connectivity index (χ0n) is 6.84. The van der Waals surface area contributed by atoms with Crippen molar-refractivity contribution in [2.75, 3.05) is 0 Å². The molecule has 0 aliphatic carbocycles. The molecule has 1 amide bonds. The largest absolute Gasteiger partial charge is 0.434 e. The minimum Gasteiger partial charge on any atom is -0.434 e. The lowest BCUT2D eigenvalue weighted by Crippen LogP contribution is -2.15. The van der Waals surface area contributed by atoms with E-state index in [0.717, 1.165) is 0 Å². The van der Waals surface area contributed by atoms with Crippen molar-refractivity contribution < 1.29 is 18.3 Å². The summed E-state index contributed by atoms with van der Waals surface area (Å²) in [6.07, 6.45) is 0. The van der Waals surface area contributed by atoms with Crippen LogP contribution in [0.25, 0.3) is 0 Å². The van der Waals surface area contributed by atoms with Crippen molar-refractivity contribution in [1.82, 2.24) is 0 Å². The third kappa shape index (κ3) is 2.32. The van der Waals surface area contributed by atoms with Crippen LogP contribution in [-0.4, -0.2) is 12.5 Å². The number of alkyl halides is 2. The summed E-state index contributed by atoms with van der Waals surface area (Å²) in [5.74, 6) is -1.23. The number of amides is 1. The number of rotatable bonds is 3. The summed E-state index contributed by atoms with van der Waals surface area (Å²) in [6.45, 7) is -3.02. The minimum absolute atomic E-state index is 0.0179. The van der Waals surface area contributed by atoms with Gasteiger partial charge in [0, 0.05) is 0 Å². The molecule has 0 unspecified atom stereocenters. The molecule has 1 aromatic rings. The Morgan fingerprint density at radius 2 is 2.14 bits per heavy atom. The van der Waals surface area contributed by atoms with Gasteiger partial charge in [-0.1, -0.05) is 17.7 Å². The monoisotopic (exact) mass is 221 g/mol. The van der Waals surface area contributed by atoms with E-state index in [1.165, 1.54) is 18.2 Å². The van der Waals surface area contributed by atoms with Crippen LogP contribution in [0.1, 0.15) is 10.4 Å². The van der Waals surface area contributed by atoms with Gasteiger partial charge in [0.2, 0.25) is 0 Å². The Bertz CT molecular complexity index is 357. The highest BCUT2D eigenvalue weighted by Crippen LogP contribution is 2.26. The van der Waals surface area contributed by atoms with Crippen LogP contribution in [-0.2, 0) is 0 Å². The van der Waals surface area contributed by atoms with E-state index in [1.54, 1.807) is 0 Å². The molecule has 0 saturated heterocycles. The Balaban J connectivity index is 3.14. The van der Waals surface area contributed by atoms with Crippen LogP contribution in [0.4, 0.5) is 8.78 Å². The zero-order chi connectivity index (χ0) is 10.7. The van der Waals surface area contributed by atoms with E-state index in [2.05, 4.69) is 4.74 Å². The fraction of sp³-hybridized carbons (Fsp3) is 0.125. The first kappa shape index (κ1) is 10.7. The van der Waals surface area contributed by atoms with Crippen LogP contribution in [0.5, 0.6) is 5.75 Å². The lowest BCUT2D eigenvalue weighted by atomic mass is 10.2. The molecule has 6 heteroatoms. The van der Waals surface area contributed by atoms with Gasteiger partial charge in [0.25, 0.3) is 5.91 Å². The SMILES string of the molecule is NC(=O)c1c(Cl)cccc1OC(F)F. The summed E-state index contributed by atoms with van der Waals surface area (Å²) in [6, 6.07) is 3.94. The van der Waals surface area contributed by atoms with Crippen LogP contribution >= 0.6 is 11.6 Å². The Kier molecular flexibility index (Phi) is 3.24. The minimum atomic E-state index is -3.02. The number of hydrogen-bond donors (Lipinski definition) is 1. The van der Waals surface area contributed by atoms with Crippen molar-refractivity contribution in [1.29, 1.82) is 0 Å². The van der Waals surface area contributed by atoms with Crippen molar-refractivity contribution in [3.8, 4) is 5.75 Å². The Labute approximate surface area is 83.4 Å². The molecule has 1 aromatic carbocycles. The molecule has 14 heavy (non-hydrogen) atoms. The van der Waals surface area contributed by atoms with Crippen molar-refractivity contribution >= 4 is 17.5 Å². The predicted octanol–water partition coefficient (Wildman–Crippen LogP) is 2.04. The third-order valence-corrected chi connectivity index (χ3v) is 1.75. The summed E-state index contributed by atoms with van der Waals surface area (Å²) in [7, 11) is 0. The molecule has 0 aromatic heterocycles. The third-order valence-electron chi connectivity index (χ3n) is 1.44. The molecule has 0 saturated carbocycles. The lowest BCUT2D eigenvalue weighted by molar-refractivity contribution is -0.0501. The highest BCUT2D eigenvalue weighted by atomic mass is 35.5. The first-order chi connectivity index (χ1) is 6.52. The molecule has 0 spiro atoms. The van der Waals surface area contributed by atoms with Gasteiger partial charge in [-0.2, -0.15) is 8.78 Å². The molecule has 0 bridgehead atoms. The van der Waals surface area contributed by atoms with E-state index in [0.29, 0.717) is 0 Å². The number of hydrogen-bond acceptors (Lipinski definition) is 2. The molecule has 0 heterocycles. The second kappa shape index (κ2) is 4.23. The summed E-state index contributed by atoms with van der Waals surface area (Å²) < 4.78 is 27.8. The van der Waals surface area contributed by atoms with E-state index in [1.807, 2.05) is 0 Å². The first-order valence-corrected chi connectivity index (χ1v) is 3.93. The number of primary amides is 1. The van der Waals surface area contributed by atoms with Crippen LogP contribution < -0.4 is 10.5 Å². The van der Waals surface area contributed by atoms with Gasteiger partial charge < -0.3 is 10.5 Å². The average molecular weight is 222 g/mol. The van der Waals surface area contributed by atoms with Crippen LogP contribution in [0.2, 0.25) is 5.02 Å². The fourth-order valence-electron chi connectivity index (χ4n) is 0.938. The van der Waals surface area contributed by atoms with Crippen molar-refractivity contribution in [2.45, 2.75) is 6.61 Å². The number of carbonyl (C=O) groups excluding carboxylic acids is 1. The van der Waals surface area contributed by atoms with Crippen molar-refractivity contribution in [2.24, 2.45) is 5.73 Å². The van der Waals surface area contributed by atoms with Crippen molar-refractivity contribution in [3.05, 3.63) is 28.8 Å². The molecule has 0 aliphatic heterocycles. The van der Waals surface area contributed by atoms with Crippen LogP contribution in [0.15, 0.2) is 18.2 Å². The normalized spacial score (nSPS) is 10.3. The topological polar surface area (TPSA) is 52.3 Å². The number of benzene rings is 1. The van der Waals surface area contributed by atoms with E-state index in [4.69, 9.17) is 17.3 Å². The predicted molar refractivity (Wildman–Crippen MR) is 46.6 cm³/mol. The summed E-state index contributed by atoms with van der Waals surface area (Å²) in [5, 5.41) is -0.0179. The molecular weight excluding hydrogens is 216 g/mol. The van der Waals surface area contributed by atoms with E-state index < -0.39 is 12.5 Å². The van der Waals surface area contributed by atoms with Crippen molar-refractivity contribution in [3.63, 3.8) is 0 Å². The van der Waals surface area contributed by atoms with Gasteiger partial charge in [0.1, 0.15) is 5.75 Å². The molecule has 0 atom stereocenters. The number of halogens is 3. The molecular formula is C8H6ClF2NO2. The Morgan fingerprint density at radius 1 is 1.50 bits per heavy atom. The molecule has 2 N–H and O–H groups in total. The standard InChI is InChI=1S/C8H6ClF2NO2/c9-4-2-1-3-5(14-8(10)11)6(4)7(12)13/h1-3,8H,(H2,12,13). The average Bonchev–Trinajstić information content (AvgIpc) is 2.01. The summed E-state index contributed by atoms with van der Waals surface area (Å²) in [4.78, 5) is 10.8. The highest BCUT2D eigenvalue weighted by molar-refractivity contribution is 6.34. The molecule has 1 rings (SSSR count). The second-order valence-electron chi connectivity index (χ2n) is 2.36. The Hall–Kier alpha value is -1.36. The van der Waals surface area contributed by atoms with Gasteiger partial charge in [-0.3, -0.25) is 4.79 Å². The number of carbonyl (C=O) groups is 1. The highest BCUT2D eigenvalue weighted by Gasteiger charge is 2.16.